The zero-order chi connectivity index (χ0) is 14.5. The number of rotatable bonds is 8. The summed E-state index contributed by atoms with van der Waals surface area (Å²) in [5.74, 6) is 0. The fourth-order valence-corrected chi connectivity index (χ4v) is 2.40. The van der Waals surface area contributed by atoms with Crippen LogP contribution in [-0.4, -0.2) is 47.8 Å². The zero-order valence-corrected chi connectivity index (χ0v) is 12.6. The maximum absolute atomic E-state index is 10.3. The number of aliphatic hydroxyl groups excluding tert-OH is 1. The summed E-state index contributed by atoms with van der Waals surface area (Å²) in [6, 6.07) is 8.10. The summed E-state index contributed by atoms with van der Waals surface area (Å²) in [5.41, 5.74) is 7.29. The summed E-state index contributed by atoms with van der Waals surface area (Å²) < 4.78 is 5.13. The van der Waals surface area contributed by atoms with Gasteiger partial charge in [-0.15, -0.1) is 0 Å². The van der Waals surface area contributed by atoms with Crippen LogP contribution in [0.4, 0.5) is 0 Å². The van der Waals surface area contributed by atoms with Crippen molar-refractivity contribution in [3.05, 3.63) is 35.4 Å². The Bertz CT molecular complexity index is 446. The second-order valence-electron chi connectivity index (χ2n) is 5.22. The number of hydrogen-bond acceptors (Lipinski definition) is 4. The highest BCUT2D eigenvalue weighted by atomic mass is 32.1. The van der Waals surface area contributed by atoms with E-state index < -0.39 is 6.10 Å². The van der Waals surface area contributed by atoms with Gasteiger partial charge >= 0.3 is 0 Å². The van der Waals surface area contributed by atoms with Crippen LogP contribution in [0.3, 0.4) is 0 Å². The molecule has 2 rings (SSSR count). The van der Waals surface area contributed by atoms with E-state index >= 15 is 0 Å². The Labute approximate surface area is 125 Å². The number of nitrogens with zero attached hydrogens (tertiary/aromatic N) is 1. The fourth-order valence-electron chi connectivity index (χ4n) is 2.27. The predicted octanol–water partition coefficient (Wildman–Crippen LogP) is 1.47. The van der Waals surface area contributed by atoms with Crippen LogP contribution in [0.2, 0.25) is 0 Å². The molecule has 0 radical (unpaired) electrons. The molecule has 4 nitrogen and oxygen atoms in total. The van der Waals surface area contributed by atoms with Crippen molar-refractivity contribution >= 4 is 17.2 Å². The molecule has 20 heavy (non-hydrogen) atoms. The van der Waals surface area contributed by atoms with Crippen LogP contribution < -0.4 is 5.73 Å². The van der Waals surface area contributed by atoms with Crippen molar-refractivity contribution in [2.24, 2.45) is 5.73 Å². The SMILES string of the molecule is COCCN(CC(O)c1ccc(C(N)=S)cc1)C1CC1. The number of benzene rings is 1. The van der Waals surface area contributed by atoms with E-state index in [1.54, 1.807) is 7.11 Å². The Hall–Kier alpha value is -1.01. The molecule has 3 N–H and O–H groups in total. The molecule has 5 heteroatoms. The lowest BCUT2D eigenvalue weighted by Gasteiger charge is -2.24. The molecular weight excluding hydrogens is 272 g/mol. The number of aliphatic hydroxyl groups is 1. The molecule has 1 unspecified atom stereocenters. The van der Waals surface area contributed by atoms with E-state index in [0.29, 0.717) is 24.2 Å². The average molecular weight is 294 g/mol. The van der Waals surface area contributed by atoms with Gasteiger partial charge in [-0.05, 0) is 18.4 Å². The summed E-state index contributed by atoms with van der Waals surface area (Å²) >= 11 is 4.92. The van der Waals surface area contributed by atoms with Gasteiger partial charge in [-0.3, -0.25) is 4.90 Å². The van der Waals surface area contributed by atoms with Crippen molar-refractivity contribution in [2.75, 3.05) is 26.8 Å². The molecule has 1 aromatic rings. The lowest BCUT2D eigenvalue weighted by Crippen LogP contribution is -2.33. The highest BCUT2D eigenvalue weighted by Crippen LogP contribution is 2.28. The Morgan fingerprint density at radius 3 is 2.60 bits per heavy atom. The molecule has 1 saturated carbocycles. The molecule has 0 saturated heterocycles. The molecule has 0 spiro atoms. The van der Waals surface area contributed by atoms with Gasteiger partial charge in [0.15, 0.2) is 0 Å². The summed E-state index contributed by atoms with van der Waals surface area (Å²) in [5, 5.41) is 10.3. The summed E-state index contributed by atoms with van der Waals surface area (Å²) in [6.07, 6.45) is 1.95. The zero-order valence-electron chi connectivity index (χ0n) is 11.8. The minimum Gasteiger partial charge on any atom is -0.389 e. The van der Waals surface area contributed by atoms with Gasteiger partial charge in [0, 0.05) is 31.8 Å². The van der Waals surface area contributed by atoms with E-state index in [4.69, 9.17) is 22.7 Å². The minimum atomic E-state index is -0.493. The van der Waals surface area contributed by atoms with E-state index in [1.165, 1.54) is 12.8 Å². The van der Waals surface area contributed by atoms with Crippen LogP contribution in [0.5, 0.6) is 0 Å². The first kappa shape index (κ1) is 15.4. The van der Waals surface area contributed by atoms with Crippen LogP contribution in [0.1, 0.15) is 30.1 Å². The maximum Gasteiger partial charge on any atom is 0.103 e. The van der Waals surface area contributed by atoms with Gasteiger partial charge in [0.05, 0.1) is 12.7 Å². The second-order valence-corrected chi connectivity index (χ2v) is 5.66. The normalized spacial score (nSPS) is 16.4. The number of methoxy groups -OCH3 is 1. The number of ether oxygens (including phenoxy) is 1. The third kappa shape index (κ3) is 4.24. The molecule has 0 bridgehead atoms. The van der Waals surface area contributed by atoms with Crippen molar-refractivity contribution in [3.63, 3.8) is 0 Å². The first-order valence-electron chi connectivity index (χ1n) is 6.92. The molecule has 0 aliphatic heterocycles. The van der Waals surface area contributed by atoms with E-state index in [1.807, 2.05) is 24.3 Å². The molecule has 1 aliphatic carbocycles. The van der Waals surface area contributed by atoms with Gasteiger partial charge in [0.1, 0.15) is 4.99 Å². The van der Waals surface area contributed by atoms with Crippen molar-refractivity contribution < 1.29 is 9.84 Å². The Kier molecular flexibility index (Phi) is 5.48. The molecular formula is C15H22N2O2S. The standard InChI is InChI=1S/C15H22N2O2S/c1-19-9-8-17(13-6-7-13)10-14(18)11-2-4-12(5-3-11)15(16)20/h2-5,13-14,18H,6-10H2,1H3,(H2,16,20). The average Bonchev–Trinajstić information content (AvgIpc) is 3.27. The molecule has 0 heterocycles. The van der Waals surface area contributed by atoms with Crippen LogP contribution in [0.25, 0.3) is 0 Å². The quantitative estimate of drug-likeness (QED) is 0.711. The molecule has 1 aromatic carbocycles. The van der Waals surface area contributed by atoms with E-state index in [-0.39, 0.29) is 0 Å². The lowest BCUT2D eigenvalue weighted by atomic mass is 10.1. The molecule has 1 fully saturated rings. The van der Waals surface area contributed by atoms with Crippen LogP contribution in [0.15, 0.2) is 24.3 Å². The van der Waals surface area contributed by atoms with Gasteiger partial charge in [0.25, 0.3) is 0 Å². The Balaban J connectivity index is 1.95. The first-order valence-corrected chi connectivity index (χ1v) is 7.33. The smallest absolute Gasteiger partial charge is 0.103 e. The Morgan fingerprint density at radius 2 is 2.10 bits per heavy atom. The van der Waals surface area contributed by atoms with Gasteiger partial charge in [-0.25, -0.2) is 0 Å². The molecule has 110 valence electrons. The highest BCUT2D eigenvalue weighted by molar-refractivity contribution is 7.80. The van der Waals surface area contributed by atoms with Crippen LogP contribution in [0, 0.1) is 0 Å². The molecule has 1 aliphatic rings. The van der Waals surface area contributed by atoms with Crippen LogP contribution in [-0.2, 0) is 4.74 Å². The predicted molar refractivity (Wildman–Crippen MR) is 83.8 cm³/mol. The summed E-state index contributed by atoms with van der Waals surface area (Å²) in [4.78, 5) is 2.68. The molecule has 0 amide bonds. The fraction of sp³-hybridized carbons (Fsp3) is 0.533. The third-order valence-corrected chi connectivity index (χ3v) is 3.87. The first-order chi connectivity index (χ1) is 9.61. The maximum atomic E-state index is 10.3. The van der Waals surface area contributed by atoms with Gasteiger partial charge in [-0.2, -0.15) is 0 Å². The second kappa shape index (κ2) is 7.13. The molecule has 0 aromatic heterocycles. The van der Waals surface area contributed by atoms with Crippen molar-refractivity contribution in [1.82, 2.24) is 4.90 Å². The molecule has 1 atom stereocenters. The number of nitrogens with two attached hydrogens (primary N) is 1. The summed E-state index contributed by atoms with van der Waals surface area (Å²) in [6.45, 7) is 2.20. The number of thiocarbonyl (C=S) groups is 1. The monoisotopic (exact) mass is 294 g/mol. The van der Waals surface area contributed by atoms with E-state index in [0.717, 1.165) is 17.7 Å². The lowest BCUT2D eigenvalue weighted by molar-refractivity contribution is 0.0846. The topological polar surface area (TPSA) is 58.7 Å². The number of hydrogen-bond donors (Lipinski definition) is 2. The van der Waals surface area contributed by atoms with Gasteiger partial charge in [-0.1, -0.05) is 36.5 Å². The highest BCUT2D eigenvalue weighted by Gasteiger charge is 2.30. The van der Waals surface area contributed by atoms with Crippen molar-refractivity contribution in [1.29, 1.82) is 0 Å². The minimum absolute atomic E-state index is 0.380. The van der Waals surface area contributed by atoms with E-state index in [2.05, 4.69) is 4.90 Å². The third-order valence-electron chi connectivity index (χ3n) is 3.63. The van der Waals surface area contributed by atoms with Crippen molar-refractivity contribution in [3.8, 4) is 0 Å². The summed E-state index contributed by atoms with van der Waals surface area (Å²) in [7, 11) is 1.70. The largest absolute Gasteiger partial charge is 0.389 e. The van der Waals surface area contributed by atoms with Crippen molar-refractivity contribution in [2.45, 2.75) is 25.0 Å². The Morgan fingerprint density at radius 1 is 1.45 bits per heavy atom. The van der Waals surface area contributed by atoms with Crippen LogP contribution >= 0.6 is 12.2 Å². The van der Waals surface area contributed by atoms with E-state index in [9.17, 15) is 5.11 Å². The van der Waals surface area contributed by atoms with Gasteiger partial charge in [0.2, 0.25) is 0 Å². The van der Waals surface area contributed by atoms with Gasteiger partial charge < -0.3 is 15.6 Å².